The molecule has 0 aliphatic carbocycles. The summed E-state index contributed by atoms with van der Waals surface area (Å²) >= 11 is 0. The molecule has 1 N–H and O–H groups in total. The molecule has 0 amide bonds. The Bertz CT molecular complexity index is 550. The summed E-state index contributed by atoms with van der Waals surface area (Å²) in [5.74, 6) is 2.65. The van der Waals surface area contributed by atoms with E-state index in [0.29, 0.717) is 0 Å². The van der Waals surface area contributed by atoms with Gasteiger partial charge in [-0.15, -0.1) is 0 Å². The second-order valence-corrected chi connectivity index (χ2v) is 4.90. The van der Waals surface area contributed by atoms with Gasteiger partial charge in [0.1, 0.15) is 11.6 Å². The van der Waals surface area contributed by atoms with Gasteiger partial charge in [-0.25, -0.2) is 9.97 Å². The van der Waals surface area contributed by atoms with Gasteiger partial charge in [-0.3, -0.25) is 0 Å². The van der Waals surface area contributed by atoms with Crippen LogP contribution >= 0.6 is 0 Å². The lowest BCUT2D eigenvalue weighted by Crippen LogP contribution is -2.23. The van der Waals surface area contributed by atoms with Crippen LogP contribution in [-0.2, 0) is 0 Å². The van der Waals surface area contributed by atoms with Gasteiger partial charge in [0.05, 0.1) is 0 Å². The highest BCUT2D eigenvalue weighted by Crippen LogP contribution is 2.22. The molecule has 0 unspecified atom stereocenters. The maximum Gasteiger partial charge on any atom is 0.163 e. The van der Waals surface area contributed by atoms with Crippen molar-refractivity contribution in [2.24, 2.45) is 0 Å². The Kier molecular flexibility index (Phi) is 5.55. The Balaban J connectivity index is 2.41. The van der Waals surface area contributed by atoms with Gasteiger partial charge in [0.2, 0.25) is 0 Å². The van der Waals surface area contributed by atoms with Crippen LogP contribution in [0.4, 0.5) is 11.6 Å². The average Bonchev–Trinajstić information content (AvgIpc) is 2.55. The minimum absolute atomic E-state index is 0.776. The van der Waals surface area contributed by atoms with Crippen LogP contribution in [0.25, 0.3) is 11.4 Å². The van der Waals surface area contributed by atoms with E-state index in [1.165, 1.54) is 0 Å². The molecule has 2 aromatic rings. The zero-order valence-electron chi connectivity index (χ0n) is 13.1. The van der Waals surface area contributed by atoms with Gasteiger partial charge in [-0.2, -0.15) is 0 Å². The number of nitrogens with zero attached hydrogens (tertiary/aromatic N) is 3. The molecule has 21 heavy (non-hydrogen) atoms. The summed E-state index contributed by atoms with van der Waals surface area (Å²) in [6, 6.07) is 12.2. The standard InChI is InChI=1S/C17H24N4/c1-4-12-18-15-13-16(21(5-2)6-3)20-17(19-15)14-10-8-7-9-11-14/h7-11,13H,4-6,12H2,1-3H3,(H,18,19,20). The molecule has 2 rings (SSSR count). The zero-order valence-corrected chi connectivity index (χ0v) is 13.1. The van der Waals surface area contributed by atoms with Crippen LogP contribution in [0.1, 0.15) is 27.2 Å². The average molecular weight is 284 g/mol. The second kappa shape index (κ2) is 7.62. The van der Waals surface area contributed by atoms with Gasteiger partial charge in [-0.05, 0) is 20.3 Å². The molecule has 4 nitrogen and oxygen atoms in total. The number of hydrogen-bond acceptors (Lipinski definition) is 4. The third-order valence-corrected chi connectivity index (χ3v) is 3.39. The van der Waals surface area contributed by atoms with Gasteiger partial charge >= 0.3 is 0 Å². The molecule has 4 heteroatoms. The summed E-state index contributed by atoms with van der Waals surface area (Å²) in [6.45, 7) is 9.24. The fourth-order valence-electron chi connectivity index (χ4n) is 2.20. The first-order valence-corrected chi connectivity index (χ1v) is 7.71. The van der Waals surface area contributed by atoms with E-state index in [-0.39, 0.29) is 0 Å². The van der Waals surface area contributed by atoms with Crippen LogP contribution in [-0.4, -0.2) is 29.6 Å². The zero-order chi connectivity index (χ0) is 15.1. The smallest absolute Gasteiger partial charge is 0.163 e. The van der Waals surface area contributed by atoms with Gasteiger partial charge in [-0.1, -0.05) is 37.3 Å². The van der Waals surface area contributed by atoms with Crippen LogP contribution in [0.2, 0.25) is 0 Å². The Hall–Kier alpha value is -2.10. The van der Waals surface area contributed by atoms with E-state index in [9.17, 15) is 0 Å². The van der Waals surface area contributed by atoms with Crippen molar-refractivity contribution in [3.63, 3.8) is 0 Å². The minimum atomic E-state index is 0.776. The van der Waals surface area contributed by atoms with Gasteiger partial charge in [0.15, 0.2) is 5.82 Å². The van der Waals surface area contributed by atoms with Crippen molar-refractivity contribution in [2.45, 2.75) is 27.2 Å². The molecule has 1 aromatic heterocycles. The van der Waals surface area contributed by atoms with E-state index in [2.05, 4.69) is 36.0 Å². The van der Waals surface area contributed by atoms with E-state index in [1.807, 2.05) is 36.4 Å². The molecule has 0 fully saturated rings. The fourth-order valence-corrected chi connectivity index (χ4v) is 2.20. The topological polar surface area (TPSA) is 41.0 Å². The molecule has 1 heterocycles. The largest absolute Gasteiger partial charge is 0.370 e. The first-order chi connectivity index (χ1) is 10.3. The Morgan fingerprint density at radius 1 is 1.00 bits per heavy atom. The molecular weight excluding hydrogens is 260 g/mol. The highest BCUT2D eigenvalue weighted by atomic mass is 15.2. The fraction of sp³-hybridized carbons (Fsp3) is 0.412. The van der Waals surface area contributed by atoms with Crippen LogP contribution < -0.4 is 10.2 Å². The summed E-state index contributed by atoms with van der Waals surface area (Å²) in [6.07, 6.45) is 1.07. The molecule has 0 atom stereocenters. The number of aromatic nitrogens is 2. The van der Waals surface area contributed by atoms with Crippen molar-refractivity contribution in [3.8, 4) is 11.4 Å². The van der Waals surface area contributed by atoms with E-state index in [4.69, 9.17) is 4.98 Å². The molecular formula is C17H24N4. The normalized spacial score (nSPS) is 10.4. The van der Waals surface area contributed by atoms with Gasteiger partial charge in [0, 0.05) is 31.3 Å². The van der Waals surface area contributed by atoms with Crippen molar-refractivity contribution in [2.75, 3.05) is 29.9 Å². The quantitative estimate of drug-likeness (QED) is 0.839. The minimum Gasteiger partial charge on any atom is -0.370 e. The van der Waals surface area contributed by atoms with Crippen molar-refractivity contribution >= 4 is 11.6 Å². The lowest BCUT2D eigenvalue weighted by molar-refractivity contribution is 0.842. The number of hydrogen-bond donors (Lipinski definition) is 1. The first-order valence-electron chi connectivity index (χ1n) is 7.71. The molecule has 0 aliphatic rings. The third-order valence-electron chi connectivity index (χ3n) is 3.39. The van der Waals surface area contributed by atoms with Crippen molar-refractivity contribution in [1.82, 2.24) is 9.97 Å². The van der Waals surface area contributed by atoms with Crippen molar-refractivity contribution in [3.05, 3.63) is 36.4 Å². The second-order valence-electron chi connectivity index (χ2n) is 4.90. The Morgan fingerprint density at radius 2 is 1.71 bits per heavy atom. The summed E-state index contributed by atoms with van der Waals surface area (Å²) in [5.41, 5.74) is 1.05. The molecule has 0 saturated heterocycles. The van der Waals surface area contributed by atoms with Crippen LogP contribution in [0.5, 0.6) is 0 Å². The van der Waals surface area contributed by atoms with Crippen molar-refractivity contribution in [1.29, 1.82) is 0 Å². The maximum absolute atomic E-state index is 4.73. The Morgan fingerprint density at radius 3 is 2.33 bits per heavy atom. The predicted molar refractivity (Wildman–Crippen MR) is 89.8 cm³/mol. The lowest BCUT2D eigenvalue weighted by atomic mass is 10.2. The highest BCUT2D eigenvalue weighted by molar-refractivity contribution is 5.61. The number of benzene rings is 1. The molecule has 0 bridgehead atoms. The molecule has 0 aliphatic heterocycles. The highest BCUT2D eigenvalue weighted by Gasteiger charge is 2.10. The van der Waals surface area contributed by atoms with Crippen LogP contribution in [0.15, 0.2) is 36.4 Å². The summed E-state index contributed by atoms with van der Waals surface area (Å²) in [5, 5.41) is 3.37. The van der Waals surface area contributed by atoms with Gasteiger partial charge in [0.25, 0.3) is 0 Å². The summed E-state index contributed by atoms with van der Waals surface area (Å²) in [7, 11) is 0. The van der Waals surface area contributed by atoms with Gasteiger partial charge < -0.3 is 10.2 Å². The van der Waals surface area contributed by atoms with E-state index in [0.717, 1.165) is 49.1 Å². The predicted octanol–water partition coefficient (Wildman–Crippen LogP) is 3.81. The molecule has 112 valence electrons. The molecule has 0 radical (unpaired) electrons. The van der Waals surface area contributed by atoms with Crippen LogP contribution in [0.3, 0.4) is 0 Å². The maximum atomic E-state index is 4.73. The number of rotatable bonds is 7. The Labute approximate surface area is 127 Å². The summed E-state index contributed by atoms with van der Waals surface area (Å²) in [4.78, 5) is 11.6. The first kappa shape index (κ1) is 15.3. The monoisotopic (exact) mass is 284 g/mol. The lowest BCUT2D eigenvalue weighted by Gasteiger charge is -2.21. The number of anilines is 2. The SMILES string of the molecule is CCCNc1cc(N(CC)CC)nc(-c2ccccc2)n1. The third kappa shape index (κ3) is 3.94. The molecule has 0 spiro atoms. The molecule has 1 aromatic carbocycles. The van der Waals surface area contributed by atoms with E-state index in [1.54, 1.807) is 0 Å². The van der Waals surface area contributed by atoms with E-state index >= 15 is 0 Å². The summed E-state index contributed by atoms with van der Waals surface area (Å²) < 4.78 is 0. The molecule has 0 saturated carbocycles. The van der Waals surface area contributed by atoms with Crippen LogP contribution in [0, 0.1) is 0 Å². The number of nitrogens with one attached hydrogen (secondary N) is 1. The van der Waals surface area contributed by atoms with E-state index < -0.39 is 0 Å². The van der Waals surface area contributed by atoms with Crippen molar-refractivity contribution < 1.29 is 0 Å².